The molecule has 6 heteroatoms. The molecule has 26 heavy (non-hydrogen) atoms. The molecule has 0 radical (unpaired) electrons. The topological polar surface area (TPSA) is 69.8 Å². The SMILES string of the molecule is O=C(Nc1ccc(Cl)cc1)Nc1ccc(-c2ccnc3[nH]ccc23)cc1. The Hall–Kier alpha value is -3.31. The summed E-state index contributed by atoms with van der Waals surface area (Å²) in [6, 6.07) is 18.3. The number of aromatic nitrogens is 2. The van der Waals surface area contributed by atoms with Crippen LogP contribution in [0.2, 0.25) is 5.02 Å². The van der Waals surface area contributed by atoms with Gasteiger partial charge in [0.2, 0.25) is 0 Å². The molecule has 0 spiro atoms. The van der Waals surface area contributed by atoms with Gasteiger partial charge in [0.1, 0.15) is 5.65 Å². The number of nitrogens with one attached hydrogen (secondary N) is 3. The minimum atomic E-state index is -0.308. The highest BCUT2D eigenvalue weighted by atomic mass is 35.5. The normalized spacial score (nSPS) is 10.7. The Morgan fingerprint density at radius 3 is 2.23 bits per heavy atom. The Bertz CT molecular complexity index is 1060. The average Bonchev–Trinajstić information content (AvgIpc) is 3.13. The fraction of sp³-hybridized carbons (Fsp3) is 0. The van der Waals surface area contributed by atoms with Crippen molar-refractivity contribution < 1.29 is 4.79 Å². The average molecular weight is 363 g/mol. The van der Waals surface area contributed by atoms with E-state index < -0.39 is 0 Å². The van der Waals surface area contributed by atoms with Crippen LogP contribution in [0.3, 0.4) is 0 Å². The molecule has 2 aromatic carbocycles. The highest BCUT2D eigenvalue weighted by Gasteiger charge is 2.07. The monoisotopic (exact) mass is 362 g/mol. The number of nitrogens with zero attached hydrogens (tertiary/aromatic N) is 1. The summed E-state index contributed by atoms with van der Waals surface area (Å²) in [4.78, 5) is 19.5. The Morgan fingerprint density at radius 2 is 1.54 bits per heavy atom. The standard InChI is InChI=1S/C20H15ClN4O/c21-14-3-7-16(8-4-14)25-20(26)24-15-5-1-13(2-6-15)17-9-11-22-19-18(17)10-12-23-19/h1-12H,(H,22,23)(H2,24,25,26). The van der Waals surface area contributed by atoms with Crippen molar-refractivity contribution in [2.45, 2.75) is 0 Å². The first-order valence-corrected chi connectivity index (χ1v) is 8.43. The van der Waals surface area contributed by atoms with E-state index in [-0.39, 0.29) is 6.03 Å². The Balaban J connectivity index is 1.48. The number of anilines is 2. The van der Waals surface area contributed by atoms with Crippen molar-refractivity contribution in [2.75, 3.05) is 10.6 Å². The lowest BCUT2D eigenvalue weighted by Gasteiger charge is -2.09. The van der Waals surface area contributed by atoms with Crippen LogP contribution in [0.1, 0.15) is 0 Å². The molecule has 0 aliphatic rings. The first-order chi connectivity index (χ1) is 12.7. The third-order valence-electron chi connectivity index (χ3n) is 4.02. The van der Waals surface area contributed by atoms with Crippen molar-refractivity contribution in [3.05, 3.63) is 78.1 Å². The summed E-state index contributed by atoms with van der Waals surface area (Å²) >= 11 is 5.84. The zero-order chi connectivity index (χ0) is 17.9. The summed E-state index contributed by atoms with van der Waals surface area (Å²) in [6.07, 6.45) is 3.65. The zero-order valence-electron chi connectivity index (χ0n) is 13.7. The van der Waals surface area contributed by atoms with E-state index in [0.717, 1.165) is 22.2 Å². The molecular weight excluding hydrogens is 348 g/mol. The lowest BCUT2D eigenvalue weighted by atomic mass is 10.0. The molecule has 2 heterocycles. The van der Waals surface area contributed by atoms with Crippen LogP contribution in [0.5, 0.6) is 0 Å². The van der Waals surface area contributed by atoms with Crippen LogP contribution in [-0.2, 0) is 0 Å². The van der Waals surface area contributed by atoms with E-state index in [4.69, 9.17) is 11.6 Å². The van der Waals surface area contributed by atoms with Crippen molar-refractivity contribution in [3.63, 3.8) is 0 Å². The minimum absolute atomic E-state index is 0.308. The second-order valence-electron chi connectivity index (χ2n) is 5.76. The van der Waals surface area contributed by atoms with E-state index in [0.29, 0.717) is 16.4 Å². The summed E-state index contributed by atoms with van der Waals surface area (Å²) in [5, 5.41) is 7.27. The molecule has 0 saturated heterocycles. The van der Waals surface area contributed by atoms with E-state index in [1.807, 2.05) is 42.6 Å². The number of carbonyl (C=O) groups is 1. The number of benzene rings is 2. The number of rotatable bonds is 3. The Morgan fingerprint density at radius 1 is 0.885 bits per heavy atom. The second kappa shape index (κ2) is 6.90. The number of hydrogen-bond donors (Lipinski definition) is 3. The van der Waals surface area contributed by atoms with Crippen LogP contribution >= 0.6 is 11.6 Å². The number of aromatic amines is 1. The first kappa shape index (κ1) is 16.2. The number of carbonyl (C=O) groups excluding carboxylic acids is 1. The molecule has 0 aliphatic carbocycles. The number of hydrogen-bond acceptors (Lipinski definition) is 2. The number of H-pyrrole nitrogens is 1. The molecular formula is C20H15ClN4O. The molecule has 3 N–H and O–H groups in total. The lowest BCUT2D eigenvalue weighted by Crippen LogP contribution is -2.19. The molecule has 0 aliphatic heterocycles. The van der Waals surface area contributed by atoms with Gasteiger partial charge in [-0.15, -0.1) is 0 Å². The van der Waals surface area contributed by atoms with Gasteiger partial charge < -0.3 is 15.6 Å². The minimum Gasteiger partial charge on any atom is -0.346 e. The van der Waals surface area contributed by atoms with Crippen LogP contribution in [0.25, 0.3) is 22.2 Å². The third kappa shape index (κ3) is 3.38. The van der Waals surface area contributed by atoms with Crippen molar-refractivity contribution >= 4 is 40.0 Å². The Labute approximate surface area is 155 Å². The molecule has 0 saturated carbocycles. The number of fused-ring (bicyclic) bond motifs is 1. The van der Waals surface area contributed by atoms with Gasteiger partial charge >= 0.3 is 6.03 Å². The van der Waals surface area contributed by atoms with Crippen LogP contribution < -0.4 is 10.6 Å². The van der Waals surface area contributed by atoms with Gasteiger partial charge in [0.25, 0.3) is 0 Å². The van der Waals surface area contributed by atoms with Gasteiger partial charge in [-0.05, 0) is 59.7 Å². The van der Waals surface area contributed by atoms with Gasteiger partial charge in [0, 0.05) is 34.2 Å². The summed E-state index contributed by atoms with van der Waals surface area (Å²) < 4.78 is 0. The van der Waals surface area contributed by atoms with Gasteiger partial charge in [0.05, 0.1) is 0 Å². The van der Waals surface area contributed by atoms with Gasteiger partial charge in [-0.1, -0.05) is 23.7 Å². The van der Waals surface area contributed by atoms with Crippen LogP contribution in [0.4, 0.5) is 16.2 Å². The summed E-state index contributed by atoms with van der Waals surface area (Å²) in [6.45, 7) is 0. The zero-order valence-corrected chi connectivity index (χ0v) is 14.4. The predicted octanol–water partition coefficient (Wildman–Crippen LogP) is 5.53. The highest BCUT2D eigenvalue weighted by Crippen LogP contribution is 2.27. The van der Waals surface area contributed by atoms with Gasteiger partial charge in [0.15, 0.2) is 0 Å². The predicted molar refractivity (Wildman–Crippen MR) is 106 cm³/mol. The molecule has 5 nitrogen and oxygen atoms in total. The summed E-state index contributed by atoms with van der Waals surface area (Å²) in [5.41, 5.74) is 4.39. The van der Waals surface area contributed by atoms with Crippen LogP contribution in [0.15, 0.2) is 73.1 Å². The third-order valence-corrected chi connectivity index (χ3v) is 4.27. The van der Waals surface area contributed by atoms with Gasteiger partial charge in [-0.2, -0.15) is 0 Å². The molecule has 0 atom stereocenters. The maximum atomic E-state index is 12.1. The molecule has 0 bridgehead atoms. The van der Waals surface area contributed by atoms with E-state index in [2.05, 4.69) is 20.6 Å². The maximum Gasteiger partial charge on any atom is 0.323 e. The summed E-state index contributed by atoms with van der Waals surface area (Å²) in [7, 11) is 0. The number of pyridine rings is 1. The lowest BCUT2D eigenvalue weighted by molar-refractivity contribution is 0.262. The number of halogens is 1. The van der Waals surface area contributed by atoms with Crippen molar-refractivity contribution in [1.82, 2.24) is 9.97 Å². The molecule has 128 valence electrons. The molecule has 2 aromatic heterocycles. The molecule has 4 rings (SSSR count). The molecule has 0 fully saturated rings. The second-order valence-corrected chi connectivity index (χ2v) is 6.20. The fourth-order valence-electron chi connectivity index (χ4n) is 2.77. The van der Waals surface area contributed by atoms with Crippen molar-refractivity contribution in [2.24, 2.45) is 0 Å². The van der Waals surface area contributed by atoms with E-state index in [9.17, 15) is 4.79 Å². The summed E-state index contributed by atoms with van der Waals surface area (Å²) in [5.74, 6) is 0. The highest BCUT2D eigenvalue weighted by molar-refractivity contribution is 6.30. The van der Waals surface area contributed by atoms with E-state index in [1.165, 1.54) is 0 Å². The molecule has 4 aromatic rings. The molecule has 2 amide bonds. The van der Waals surface area contributed by atoms with Gasteiger partial charge in [-0.3, -0.25) is 0 Å². The molecule has 0 unspecified atom stereocenters. The van der Waals surface area contributed by atoms with Crippen molar-refractivity contribution in [1.29, 1.82) is 0 Å². The van der Waals surface area contributed by atoms with E-state index in [1.54, 1.807) is 30.5 Å². The fourth-order valence-corrected chi connectivity index (χ4v) is 2.90. The number of amides is 2. The Kier molecular flexibility index (Phi) is 4.29. The number of urea groups is 1. The largest absolute Gasteiger partial charge is 0.346 e. The first-order valence-electron chi connectivity index (χ1n) is 8.05. The smallest absolute Gasteiger partial charge is 0.323 e. The quantitative estimate of drug-likeness (QED) is 0.448. The maximum absolute atomic E-state index is 12.1. The van der Waals surface area contributed by atoms with Crippen LogP contribution in [-0.4, -0.2) is 16.0 Å². The van der Waals surface area contributed by atoms with Crippen molar-refractivity contribution in [3.8, 4) is 11.1 Å². The van der Waals surface area contributed by atoms with E-state index >= 15 is 0 Å². The van der Waals surface area contributed by atoms with Gasteiger partial charge in [-0.25, -0.2) is 9.78 Å². The van der Waals surface area contributed by atoms with Crippen LogP contribution in [0, 0.1) is 0 Å².